The van der Waals surface area contributed by atoms with E-state index < -0.39 is 0 Å². The molecule has 2 nitrogen and oxygen atoms in total. The molecule has 0 aliphatic heterocycles. The van der Waals surface area contributed by atoms with Crippen LogP contribution in [-0.2, 0) is 11.3 Å². The molecular weight excluding hydrogens is 369 g/mol. The fourth-order valence-corrected chi connectivity index (χ4v) is 3.42. The molecule has 0 spiro atoms. The first-order chi connectivity index (χ1) is 11.6. The molecule has 0 bridgehead atoms. The number of halogens is 2. The number of rotatable bonds is 6. The summed E-state index contributed by atoms with van der Waals surface area (Å²) in [6, 6.07) is 13.0. The van der Waals surface area contributed by atoms with E-state index in [-0.39, 0.29) is 24.2 Å². The number of hydrogen-bond donors (Lipinski definition) is 1. The summed E-state index contributed by atoms with van der Waals surface area (Å²) in [5.41, 5.74) is 2.72. The minimum Gasteiger partial charge on any atom is -0.351 e. The molecule has 1 saturated carbocycles. The van der Waals surface area contributed by atoms with Crippen LogP contribution >= 0.6 is 15.9 Å². The van der Waals surface area contributed by atoms with Crippen LogP contribution in [0.2, 0.25) is 0 Å². The maximum absolute atomic E-state index is 14.0. The van der Waals surface area contributed by atoms with Gasteiger partial charge in [0.1, 0.15) is 5.82 Å². The Morgan fingerprint density at radius 3 is 2.75 bits per heavy atom. The van der Waals surface area contributed by atoms with Crippen LogP contribution in [0, 0.1) is 5.82 Å². The van der Waals surface area contributed by atoms with Crippen LogP contribution in [0.15, 0.2) is 46.9 Å². The third-order valence-electron chi connectivity index (χ3n) is 4.55. The zero-order valence-electron chi connectivity index (χ0n) is 13.7. The van der Waals surface area contributed by atoms with Crippen LogP contribution in [0.4, 0.5) is 4.39 Å². The Morgan fingerprint density at radius 2 is 2.08 bits per heavy atom. The highest BCUT2D eigenvalue weighted by atomic mass is 79.9. The van der Waals surface area contributed by atoms with E-state index >= 15 is 0 Å². The summed E-state index contributed by atoms with van der Waals surface area (Å²) >= 11 is 3.44. The summed E-state index contributed by atoms with van der Waals surface area (Å²) in [6.07, 6.45) is 3.06. The van der Waals surface area contributed by atoms with Gasteiger partial charge in [0.15, 0.2) is 0 Å². The summed E-state index contributed by atoms with van der Waals surface area (Å²) in [6.45, 7) is 2.22. The van der Waals surface area contributed by atoms with E-state index in [9.17, 15) is 9.18 Å². The molecule has 0 heterocycles. The molecule has 1 aliphatic rings. The molecule has 1 fully saturated rings. The van der Waals surface area contributed by atoms with Gasteiger partial charge in [0.2, 0.25) is 5.91 Å². The third-order valence-corrected chi connectivity index (χ3v) is 5.04. The summed E-state index contributed by atoms with van der Waals surface area (Å²) in [7, 11) is 0. The van der Waals surface area contributed by atoms with Crippen LogP contribution in [0.25, 0.3) is 0 Å². The lowest BCUT2D eigenvalue weighted by molar-refractivity contribution is -0.122. The Bertz CT molecular complexity index is 742. The molecule has 1 aliphatic carbocycles. The zero-order chi connectivity index (χ0) is 17.1. The Balaban J connectivity index is 1.69. The van der Waals surface area contributed by atoms with Crippen molar-refractivity contribution < 1.29 is 9.18 Å². The molecule has 2 aromatic rings. The second-order valence-electron chi connectivity index (χ2n) is 6.36. The molecule has 4 heteroatoms. The smallest absolute Gasteiger partial charge is 0.227 e. The number of nitrogens with one attached hydrogen (secondary N) is 1. The molecule has 0 radical (unpaired) electrons. The monoisotopic (exact) mass is 389 g/mol. The maximum atomic E-state index is 14.0. The molecule has 2 aromatic carbocycles. The summed E-state index contributed by atoms with van der Waals surface area (Å²) < 4.78 is 15.0. The molecule has 0 unspecified atom stereocenters. The first kappa shape index (κ1) is 17.2. The van der Waals surface area contributed by atoms with Gasteiger partial charge in [-0.05, 0) is 54.5 Å². The fourth-order valence-electron chi connectivity index (χ4n) is 3.00. The van der Waals surface area contributed by atoms with Gasteiger partial charge < -0.3 is 5.32 Å². The number of carbonyl (C=O) groups excluding carboxylic acids is 1. The molecule has 126 valence electrons. The molecule has 1 N–H and O–H groups in total. The van der Waals surface area contributed by atoms with Gasteiger partial charge >= 0.3 is 0 Å². The molecule has 1 amide bonds. The van der Waals surface area contributed by atoms with Crippen LogP contribution in [0.5, 0.6) is 0 Å². The first-order valence-electron chi connectivity index (χ1n) is 8.40. The van der Waals surface area contributed by atoms with Crippen LogP contribution < -0.4 is 5.32 Å². The van der Waals surface area contributed by atoms with Crippen molar-refractivity contribution in [2.75, 3.05) is 0 Å². The van der Waals surface area contributed by atoms with Crippen molar-refractivity contribution in [1.29, 1.82) is 0 Å². The second-order valence-corrected chi connectivity index (χ2v) is 7.27. The van der Waals surface area contributed by atoms with Gasteiger partial charge in [0.25, 0.3) is 0 Å². The summed E-state index contributed by atoms with van der Waals surface area (Å²) in [5.74, 6) is 0.0318. The van der Waals surface area contributed by atoms with Gasteiger partial charge in [-0.3, -0.25) is 4.79 Å². The Kier molecular flexibility index (Phi) is 5.34. The van der Waals surface area contributed by atoms with E-state index in [1.807, 2.05) is 43.3 Å². The number of amides is 1. The molecule has 3 rings (SSSR count). The summed E-state index contributed by atoms with van der Waals surface area (Å²) in [5, 5.41) is 2.90. The van der Waals surface area contributed by atoms with E-state index in [0.717, 1.165) is 10.0 Å². The van der Waals surface area contributed by atoms with Crippen molar-refractivity contribution in [3.63, 3.8) is 0 Å². The van der Waals surface area contributed by atoms with Gasteiger partial charge in [-0.2, -0.15) is 0 Å². The highest BCUT2D eigenvalue weighted by Crippen LogP contribution is 2.40. The lowest BCUT2D eigenvalue weighted by atomic mass is 9.95. The minimum atomic E-state index is -0.254. The maximum Gasteiger partial charge on any atom is 0.227 e. The largest absolute Gasteiger partial charge is 0.351 e. The highest BCUT2D eigenvalue weighted by Gasteiger charge is 2.24. The quantitative estimate of drug-likeness (QED) is 0.715. The molecule has 0 aromatic heterocycles. The second kappa shape index (κ2) is 7.47. The Morgan fingerprint density at radius 1 is 1.29 bits per heavy atom. The minimum absolute atomic E-state index is 0.0631. The predicted octanol–water partition coefficient (Wildman–Crippen LogP) is 5.28. The van der Waals surface area contributed by atoms with Gasteiger partial charge in [-0.15, -0.1) is 0 Å². The zero-order valence-corrected chi connectivity index (χ0v) is 15.3. The third kappa shape index (κ3) is 4.04. The van der Waals surface area contributed by atoms with Crippen molar-refractivity contribution in [2.45, 2.75) is 44.6 Å². The van der Waals surface area contributed by atoms with E-state index in [1.54, 1.807) is 0 Å². The summed E-state index contributed by atoms with van der Waals surface area (Å²) in [4.78, 5) is 12.6. The average Bonchev–Trinajstić information content (AvgIpc) is 3.40. The van der Waals surface area contributed by atoms with Gasteiger partial charge in [0.05, 0.1) is 5.92 Å². The normalized spacial score (nSPS) is 15.1. The predicted molar refractivity (Wildman–Crippen MR) is 97.4 cm³/mol. The van der Waals surface area contributed by atoms with Gasteiger partial charge in [-0.1, -0.05) is 47.1 Å². The topological polar surface area (TPSA) is 29.1 Å². The fraction of sp³-hybridized carbons (Fsp3) is 0.350. The average molecular weight is 390 g/mol. The lowest BCUT2D eigenvalue weighted by Crippen LogP contribution is -2.29. The highest BCUT2D eigenvalue weighted by molar-refractivity contribution is 9.10. The molecular formula is C20H21BrFNO. The molecule has 1 atom stereocenters. The van der Waals surface area contributed by atoms with Crippen molar-refractivity contribution in [3.8, 4) is 0 Å². The lowest BCUT2D eigenvalue weighted by Gasteiger charge is -2.16. The standard InChI is InChI=1S/C20H21BrFNO/c1-2-18(15-4-3-5-17(21)11-15)20(24)23-12-16-10-14(13-6-7-13)8-9-19(16)22/h3-5,8-11,13,18H,2,6-7,12H2,1H3,(H,23,24)/t18-/m0/s1. The first-order valence-corrected chi connectivity index (χ1v) is 9.19. The van der Waals surface area contributed by atoms with Crippen molar-refractivity contribution in [2.24, 2.45) is 0 Å². The van der Waals surface area contributed by atoms with E-state index in [1.165, 1.54) is 24.5 Å². The van der Waals surface area contributed by atoms with Gasteiger partial charge in [0, 0.05) is 16.6 Å². The molecule has 0 saturated heterocycles. The van der Waals surface area contributed by atoms with Gasteiger partial charge in [-0.25, -0.2) is 4.39 Å². The van der Waals surface area contributed by atoms with Crippen molar-refractivity contribution in [3.05, 3.63) is 69.4 Å². The number of carbonyl (C=O) groups is 1. The Hall–Kier alpha value is -1.68. The number of benzene rings is 2. The van der Waals surface area contributed by atoms with E-state index in [2.05, 4.69) is 21.2 Å². The van der Waals surface area contributed by atoms with E-state index in [4.69, 9.17) is 0 Å². The van der Waals surface area contributed by atoms with Crippen LogP contribution in [-0.4, -0.2) is 5.91 Å². The van der Waals surface area contributed by atoms with E-state index in [0.29, 0.717) is 17.9 Å². The van der Waals surface area contributed by atoms with Crippen molar-refractivity contribution in [1.82, 2.24) is 5.32 Å². The SMILES string of the molecule is CC[C@H](C(=O)NCc1cc(C2CC2)ccc1F)c1cccc(Br)c1. The molecule has 24 heavy (non-hydrogen) atoms. The Labute approximate surface area is 150 Å². The van der Waals surface area contributed by atoms with Crippen LogP contribution in [0.1, 0.15) is 54.7 Å². The number of hydrogen-bond acceptors (Lipinski definition) is 1. The van der Waals surface area contributed by atoms with Crippen molar-refractivity contribution >= 4 is 21.8 Å². The van der Waals surface area contributed by atoms with Crippen LogP contribution in [0.3, 0.4) is 0 Å².